The highest BCUT2D eigenvalue weighted by molar-refractivity contribution is 7.13. The Hall–Kier alpha value is -2.71. The fourth-order valence-electron chi connectivity index (χ4n) is 2.99. The van der Waals surface area contributed by atoms with E-state index in [1.54, 1.807) is 28.7 Å². The smallest absolute Gasteiger partial charge is 0.358 e. The van der Waals surface area contributed by atoms with Crippen molar-refractivity contribution in [3.8, 4) is 16.3 Å². The van der Waals surface area contributed by atoms with E-state index >= 15 is 0 Å². The molecule has 3 heterocycles. The van der Waals surface area contributed by atoms with Crippen LogP contribution in [0.5, 0.6) is 5.75 Å². The molecule has 1 aromatic carbocycles. The van der Waals surface area contributed by atoms with Gasteiger partial charge in [0.1, 0.15) is 10.8 Å². The molecule has 0 N–H and O–H groups in total. The lowest BCUT2D eigenvalue weighted by atomic mass is 10.1. The molecule has 0 atom stereocenters. The maximum atomic E-state index is 12.4. The Morgan fingerprint density at radius 2 is 2.00 bits per heavy atom. The third-order valence-electron chi connectivity index (χ3n) is 4.54. The molecule has 0 aliphatic carbocycles. The molecule has 6 nitrogen and oxygen atoms in total. The molecule has 1 aliphatic rings. The van der Waals surface area contributed by atoms with E-state index in [1.165, 1.54) is 21.8 Å². The van der Waals surface area contributed by atoms with E-state index in [2.05, 4.69) is 4.98 Å². The first-order chi connectivity index (χ1) is 13.6. The predicted octanol–water partition coefficient (Wildman–Crippen LogP) is 3.62. The quantitative estimate of drug-likeness (QED) is 0.597. The monoisotopic (exact) mass is 414 g/mol. The lowest BCUT2D eigenvalue weighted by molar-refractivity contribution is -0.135. The van der Waals surface area contributed by atoms with Crippen molar-refractivity contribution >= 4 is 34.6 Å². The van der Waals surface area contributed by atoms with Gasteiger partial charge in [-0.25, -0.2) is 9.78 Å². The van der Waals surface area contributed by atoms with E-state index in [4.69, 9.17) is 9.47 Å². The molecule has 0 saturated carbocycles. The highest BCUT2D eigenvalue weighted by atomic mass is 32.1. The van der Waals surface area contributed by atoms with Crippen molar-refractivity contribution < 1.29 is 19.1 Å². The molecule has 4 rings (SSSR count). The minimum absolute atomic E-state index is 0.184. The van der Waals surface area contributed by atoms with Gasteiger partial charge in [0, 0.05) is 28.9 Å². The van der Waals surface area contributed by atoms with Crippen LogP contribution in [-0.2, 0) is 22.5 Å². The maximum absolute atomic E-state index is 12.4. The van der Waals surface area contributed by atoms with Gasteiger partial charge in [-0.3, -0.25) is 4.79 Å². The first-order valence-electron chi connectivity index (χ1n) is 8.74. The number of thiazole rings is 1. The number of esters is 1. The molecule has 2 aromatic heterocycles. The summed E-state index contributed by atoms with van der Waals surface area (Å²) in [4.78, 5) is 32.0. The third kappa shape index (κ3) is 3.93. The molecule has 28 heavy (non-hydrogen) atoms. The van der Waals surface area contributed by atoms with Crippen LogP contribution >= 0.6 is 22.7 Å². The lowest BCUT2D eigenvalue weighted by Crippen LogP contribution is -2.38. The number of benzene rings is 1. The second-order valence-corrected chi connectivity index (χ2v) is 8.14. The molecule has 0 saturated heterocycles. The normalized spacial score (nSPS) is 13.1. The van der Waals surface area contributed by atoms with Gasteiger partial charge in [0.25, 0.3) is 5.91 Å². The first-order valence-corrected chi connectivity index (χ1v) is 10.5. The van der Waals surface area contributed by atoms with Crippen LogP contribution in [0.15, 0.2) is 41.1 Å². The van der Waals surface area contributed by atoms with E-state index < -0.39 is 5.97 Å². The van der Waals surface area contributed by atoms with Crippen molar-refractivity contribution in [2.45, 2.75) is 13.0 Å². The van der Waals surface area contributed by atoms with Gasteiger partial charge in [-0.05, 0) is 47.7 Å². The second kappa shape index (κ2) is 8.12. The maximum Gasteiger partial charge on any atom is 0.358 e. The average Bonchev–Trinajstić information content (AvgIpc) is 3.40. The van der Waals surface area contributed by atoms with Gasteiger partial charge < -0.3 is 14.4 Å². The Bertz CT molecular complexity index is 994. The van der Waals surface area contributed by atoms with E-state index in [1.807, 2.05) is 35.7 Å². The molecule has 1 aliphatic heterocycles. The van der Waals surface area contributed by atoms with Crippen LogP contribution in [0, 0.1) is 0 Å². The first kappa shape index (κ1) is 18.6. The van der Waals surface area contributed by atoms with E-state index in [0.29, 0.717) is 18.1 Å². The van der Waals surface area contributed by atoms with Crippen LogP contribution in [0.1, 0.15) is 20.9 Å². The summed E-state index contributed by atoms with van der Waals surface area (Å²) in [6.07, 6.45) is 0.851. The van der Waals surface area contributed by atoms with Crippen molar-refractivity contribution in [2.24, 2.45) is 0 Å². The molecular formula is C20H18N2O4S2. The summed E-state index contributed by atoms with van der Waals surface area (Å²) >= 11 is 3.07. The summed E-state index contributed by atoms with van der Waals surface area (Å²) in [7, 11) is 1.61. The van der Waals surface area contributed by atoms with Gasteiger partial charge in [0.05, 0.1) is 7.11 Å². The van der Waals surface area contributed by atoms with Crippen molar-refractivity contribution in [1.29, 1.82) is 0 Å². The van der Waals surface area contributed by atoms with Crippen LogP contribution in [0.25, 0.3) is 10.6 Å². The summed E-state index contributed by atoms with van der Waals surface area (Å²) in [6.45, 7) is 0.962. The van der Waals surface area contributed by atoms with Crippen molar-refractivity contribution in [1.82, 2.24) is 9.88 Å². The van der Waals surface area contributed by atoms with Crippen molar-refractivity contribution in [3.63, 3.8) is 0 Å². The Morgan fingerprint density at radius 1 is 1.18 bits per heavy atom. The number of carbonyl (C=O) groups is 2. The Labute approximate surface area is 170 Å². The van der Waals surface area contributed by atoms with Crippen molar-refractivity contribution in [3.05, 3.63) is 57.2 Å². The van der Waals surface area contributed by atoms with Gasteiger partial charge >= 0.3 is 5.97 Å². The molecule has 3 aromatic rings. The zero-order valence-corrected chi connectivity index (χ0v) is 16.8. The summed E-state index contributed by atoms with van der Waals surface area (Å²) in [6, 6.07) is 9.48. The Morgan fingerprint density at radius 3 is 2.79 bits per heavy atom. The summed E-state index contributed by atoms with van der Waals surface area (Å²) < 4.78 is 10.3. The fourth-order valence-corrected chi connectivity index (χ4v) is 4.67. The van der Waals surface area contributed by atoms with E-state index in [-0.39, 0.29) is 18.2 Å². The van der Waals surface area contributed by atoms with E-state index in [9.17, 15) is 9.59 Å². The number of carbonyl (C=O) groups excluding carboxylic acids is 2. The number of nitrogens with zero attached hydrogens (tertiary/aromatic N) is 2. The highest BCUT2D eigenvalue weighted by Crippen LogP contribution is 2.26. The zero-order valence-electron chi connectivity index (χ0n) is 15.2. The SMILES string of the molecule is COc1ccc(-c2nc(C(=O)OCC(=O)N3CCc4sccc4C3)cs2)cc1. The number of amides is 1. The molecule has 0 bridgehead atoms. The predicted molar refractivity (Wildman–Crippen MR) is 108 cm³/mol. The van der Waals surface area contributed by atoms with Gasteiger partial charge in [0.15, 0.2) is 12.3 Å². The fraction of sp³-hybridized carbons (Fsp3) is 0.250. The molecule has 0 unspecified atom stereocenters. The number of hydrogen-bond acceptors (Lipinski definition) is 7. The number of fused-ring (bicyclic) bond motifs is 1. The van der Waals surface area contributed by atoms with Gasteiger partial charge in [0.2, 0.25) is 0 Å². The molecule has 0 radical (unpaired) electrons. The average molecular weight is 415 g/mol. The van der Waals surface area contributed by atoms with E-state index in [0.717, 1.165) is 17.7 Å². The number of thiophene rings is 1. The summed E-state index contributed by atoms with van der Waals surface area (Å²) in [5, 5.41) is 4.40. The standard InChI is InChI=1S/C20H18N2O4S2/c1-25-15-4-2-13(3-5-15)19-21-16(12-28-19)20(24)26-11-18(23)22-8-6-17-14(10-22)7-9-27-17/h2-5,7,9,12H,6,8,10-11H2,1H3. The van der Waals surface area contributed by atoms with Crippen molar-refractivity contribution in [2.75, 3.05) is 20.3 Å². The summed E-state index contributed by atoms with van der Waals surface area (Å²) in [5.41, 5.74) is 2.28. The lowest BCUT2D eigenvalue weighted by Gasteiger charge is -2.26. The zero-order chi connectivity index (χ0) is 19.5. The van der Waals surface area contributed by atoms with Gasteiger partial charge in [-0.1, -0.05) is 0 Å². The minimum Gasteiger partial charge on any atom is -0.497 e. The minimum atomic E-state index is -0.586. The molecular weight excluding hydrogens is 396 g/mol. The molecule has 8 heteroatoms. The van der Waals surface area contributed by atoms with Crippen LogP contribution in [0.3, 0.4) is 0 Å². The third-order valence-corrected chi connectivity index (χ3v) is 6.45. The Balaban J connectivity index is 1.34. The van der Waals surface area contributed by atoms with Crippen LogP contribution in [-0.4, -0.2) is 42.0 Å². The number of rotatable bonds is 5. The van der Waals surface area contributed by atoms with Crippen LogP contribution < -0.4 is 4.74 Å². The molecule has 0 spiro atoms. The Kier molecular flexibility index (Phi) is 5.40. The second-order valence-electron chi connectivity index (χ2n) is 6.28. The van der Waals surface area contributed by atoms with Crippen LogP contribution in [0.4, 0.5) is 0 Å². The number of aromatic nitrogens is 1. The topological polar surface area (TPSA) is 68.7 Å². The molecule has 1 amide bonds. The van der Waals surface area contributed by atoms with Crippen LogP contribution in [0.2, 0.25) is 0 Å². The number of methoxy groups -OCH3 is 1. The number of hydrogen-bond donors (Lipinski definition) is 0. The van der Waals surface area contributed by atoms with Gasteiger partial charge in [-0.2, -0.15) is 0 Å². The van der Waals surface area contributed by atoms with Gasteiger partial charge in [-0.15, -0.1) is 22.7 Å². The summed E-state index contributed by atoms with van der Waals surface area (Å²) in [5.74, 6) is -0.0147. The highest BCUT2D eigenvalue weighted by Gasteiger charge is 2.23. The number of ether oxygens (including phenoxy) is 2. The molecule has 144 valence electrons. The molecule has 0 fully saturated rings. The largest absolute Gasteiger partial charge is 0.497 e.